The van der Waals surface area contributed by atoms with E-state index in [0.717, 1.165) is 25.3 Å². The molecule has 2 fully saturated rings. The molecule has 1 saturated heterocycles. The summed E-state index contributed by atoms with van der Waals surface area (Å²) in [5.74, 6) is 0.105. The summed E-state index contributed by atoms with van der Waals surface area (Å²) >= 11 is 0. The van der Waals surface area contributed by atoms with Crippen LogP contribution in [0.25, 0.3) is 0 Å². The van der Waals surface area contributed by atoms with Gasteiger partial charge in [0.1, 0.15) is 6.04 Å². The smallest absolute Gasteiger partial charge is 0.320 e. The Morgan fingerprint density at radius 3 is 2.50 bits per heavy atom. The van der Waals surface area contributed by atoms with Crippen molar-refractivity contribution >= 4 is 5.97 Å². The highest BCUT2D eigenvalue weighted by Crippen LogP contribution is 2.32. The maximum Gasteiger partial charge on any atom is 0.320 e. The van der Waals surface area contributed by atoms with Gasteiger partial charge in [0.15, 0.2) is 0 Å². The maximum absolute atomic E-state index is 11.2. The average Bonchev–Trinajstić information content (AvgIpc) is 2.78. The van der Waals surface area contributed by atoms with Crippen LogP contribution in [0.15, 0.2) is 0 Å². The molecule has 2 unspecified atom stereocenters. The van der Waals surface area contributed by atoms with Crippen molar-refractivity contribution in [2.24, 2.45) is 5.92 Å². The molecule has 16 heavy (non-hydrogen) atoms. The summed E-state index contributed by atoms with van der Waals surface area (Å²) in [7, 11) is 0. The van der Waals surface area contributed by atoms with Crippen LogP contribution in [0, 0.1) is 5.92 Å². The molecule has 1 heterocycles. The third-order valence-corrected chi connectivity index (χ3v) is 4.43. The summed E-state index contributed by atoms with van der Waals surface area (Å²) in [6.45, 7) is 3.21. The Kier molecular flexibility index (Phi) is 3.85. The van der Waals surface area contributed by atoms with Gasteiger partial charge in [-0.15, -0.1) is 0 Å². The summed E-state index contributed by atoms with van der Waals surface area (Å²) in [6.07, 6.45) is 8.52. The lowest BCUT2D eigenvalue weighted by atomic mass is 9.84. The Hall–Kier alpha value is -0.570. The van der Waals surface area contributed by atoms with Gasteiger partial charge in [0, 0.05) is 6.04 Å². The van der Waals surface area contributed by atoms with Crippen molar-refractivity contribution in [3.63, 3.8) is 0 Å². The van der Waals surface area contributed by atoms with Gasteiger partial charge in [-0.05, 0) is 45.1 Å². The topological polar surface area (TPSA) is 40.5 Å². The average molecular weight is 225 g/mol. The first-order valence-corrected chi connectivity index (χ1v) is 6.68. The van der Waals surface area contributed by atoms with Gasteiger partial charge in [-0.3, -0.25) is 9.69 Å². The molecule has 0 aromatic carbocycles. The molecule has 0 spiro atoms. The van der Waals surface area contributed by atoms with Gasteiger partial charge in [0.05, 0.1) is 0 Å². The third kappa shape index (κ3) is 2.40. The molecule has 2 atom stereocenters. The van der Waals surface area contributed by atoms with E-state index in [2.05, 4.69) is 11.8 Å². The van der Waals surface area contributed by atoms with Crippen LogP contribution in [0.1, 0.15) is 51.9 Å². The van der Waals surface area contributed by atoms with Crippen LogP contribution in [-0.2, 0) is 4.79 Å². The molecule has 2 rings (SSSR count). The zero-order valence-corrected chi connectivity index (χ0v) is 10.2. The summed E-state index contributed by atoms with van der Waals surface area (Å²) in [5, 5.41) is 9.19. The van der Waals surface area contributed by atoms with Gasteiger partial charge in [-0.2, -0.15) is 0 Å². The summed E-state index contributed by atoms with van der Waals surface area (Å²) in [5.41, 5.74) is 0. The predicted molar refractivity (Wildman–Crippen MR) is 63.4 cm³/mol. The molecule has 1 aliphatic heterocycles. The molecule has 0 radical (unpaired) electrons. The van der Waals surface area contributed by atoms with Crippen LogP contribution >= 0.6 is 0 Å². The fourth-order valence-electron chi connectivity index (χ4n) is 3.43. The van der Waals surface area contributed by atoms with Crippen LogP contribution in [0.5, 0.6) is 0 Å². The first-order chi connectivity index (χ1) is 7.70. The molecule has 3 heteroatoms. The highest BCUT2D eigenvalue weighted by molar-refractivity contribution is 5.73. The Morgan fingerprint density at radius 2 is 1.88 bits per heavy atom. The van der Waals surface area contributed by atoms with E-state index in [1.165, 1.54) is 32.1 Å². The number of carbonyl (C=O) groups is 1. The third-order valence-electron chi connectivity index (χ3n) is 4.43. The van der Waals surface area contributed by atoms with Crippen molar-refractivity contribution in [2.45, 2.75) is 64.0 Å². The Labute approximate surface area is 97.8 Å². The molecule has 1 N–H and O–H groups in total. The van der Waals surface area contributed by atoms with Crippen LogP contribution in [0.4, 0.5) is 0 Å². The van der Waals surface area contributed by atoms with Gasteiger partial charge < -0.3 is 5.11 Å². The molecule has 3 nitrogen and oxygen atoms in total. The van der Waals surface area contributed by atoms with Crippen molar-refractivity contribution in [2.75, 3.05) is 6.54 Å². The predicted octanol–water partition coefficient (Wildman–Crippen LogP) is 2.50. The van der Waals surface area contributed by atoms with Crippen molar-refractivity contribution in [3.05, 3.63) is 0 Å². The molecule has 1 saturated carbocycles. The largest absolute Gasteiger partial charge is 0.480 e. The molecule has 92 valence electrons. The van der Waals surface area contributed by atoms with Gasteiger partial charge in [0.25, 0.3) is 0 Å². The Bertz CT molecular complexity index is 248. The number of carboxylic acid groups (broad SMARTS) is 1. The molecule has 2 aliphatic rings. The number of nitrogens with zero attached hydrogens (tertiary/aromatic N) is 1. The second-order valence-electron chi connectivity index (χ2n) is 5.37. The minimum atomic E-state index is -0.625. The zero-order valence-electron chi connectivity index (χ0n) is 10.2. The minimum absolute atomic E-state index is 0.211. The van der Waals surface area contributed by atoms with Crippen molar-refractivity contribution in [3.8, 4) is 0 Å². The number of hydrogen-bond acceptors (Lipinski definition) is 2. The normalized spacial score (nSPS) is 30.4. The number of aliphatic carboxylic acids is 1. The second-order valence-corrected chi connectivity index (χ2v) is 5.37. The lowest BCUT2D eigenvalue weighted by Gasteiger charge is -2.36. The maximum atomic E-state index is 11.2. The fraction of sp³-hybridized carbons (Fsp3) is 0.923. The first-order valence-electron chi connectivity index (χ1n) is 6.68. The monoisotopic (exact) mass is 225 g/mol. The van der Waals surface area contributed by atoms with E-state index >= 15 is 0 Å². The number of likely N-dealkylation sites (tertiary alicyclic amines) is 1. The van der Waals surface area contributed by atoms with Crippen molar-refractivity contribution in [1.82, 2.24) is 4.90 Å². The van der Waals surface area contributed by atoms with Crippen LogP contribution < -0.4 is 0 Å². The minimum Gasteiger partial charge on any atom is -0.480 e. The van der Waals surface area contributed by atoms with Crippen LogP contribution in [0.2, 0.25) is 0 Å². The second kappa shape index (κ2) is 5.17. The molecule has 0 aromatic rings. The van der Waals surface area contributed by atoms with Crippen LogP contribution in [-0.4, -0.2) is 34.6 Å². The molecular formula is C13H23NO2. The van der Waals surface area contributed by atoms with Gasteiger partial charge in [-0.25, -0.2) is 0 Å². The highest BCUT2D eigenvalue weighted by Gasteiger charge is 2.36. The lowest BCUT2D eigenvalue weighted by molar-refractivity contribution is -0.143. The molecule has 0 bridgehead atoms. The first kappa shape index (κ1) is 11.9. The summed E-state index contributed by atoms with van der Waals surface area (Å²) in [4.78, 5) is 13.4. The number of rotatable bonds is 3. The van der Waals surface area contributed by atoms with E-state index in [1.807, 2.05) is 0 Å². The highest BCUT2D eigenvalue weighted by atomic mass is 16.4. The number of carboxylic acids is 1. The van der Waals surface area contributed by atoms with E-state index in [-0.39, 0.29) is 6.04 Å². The van der Waals surface area contributed by atoms with E-state index in [1.54, 1.807) is 0 Å². The van der Waals surface area contributed by atoms with E-state index in [4.69, 9.17) is 0 Å². The zero-order chi connectivity index (χ0) is 11.5. The van der Waals surface area contributed by atoms with Crippen molar-refractivity contribution in [1.29, 1.82) is 0 Å². The lowest BCUT2D eigenvalue weighted by Crippen LogP contribution is -2.45. The van der Waals surface area contributed by atoms with Crippen molar-refractivity contribution < 1.29 is 9.90 Å². The molecule has 0 amide bonds. The van der Waals surface area contributed by atoms with E-state index in [0.29, 0.717) is 6.04 Å². The quantitative estimate of drug-likeness (QED) is 0.802. The molecular weight excluding hydrogens is 202 g/mol. The fourth-order valence-corrected chi connectivity index (χ4v) is 3.43. The van der Waals surface area contributed by atoms with Gasteiger partial charge >= 0.3 is 5.97 Å². The molecule has 1 aliphatic carbocycles. The van der Waals surface area contributed by atoms with Gasteiger partial charge in [-0.1, -0.05) is 19.3 Å². The van der Waals surface area contributed by atoms with E-state index in [9.17, 15) is 9.90 Å². The summed E-state index contributed by atoms with van der Waals surface area (Å²) in [6, 6.07) is 0.251. The Balaban J connectivity index is 1.96. The van der Waals surface area contributed by atoms with Gasteiger partial charge in [0.2, 0.25) is 0 Å². The molecule has 0 aromatic heterocycles. The Morgan fingerprint density at radius 1 is 1.19 bits per heavy atom. The summed E-state index contributed by atoms with van der Waals surface area (Å²) < 4.78 is 0. The standard InChI is InChI=1S/C13H23NO2/c1-10(11-6-3-2-4-7-11)14-9-5-8-12(14)13(15)16/h10-12H,2-9H2,1H3,(H,15,16). The SMILES string of the molecule is CC(C1CCCCC1)N1CCCC1C(=O)O. The van der Waals surface area contributed by atoms with Crippen LogP contribution in [0.3, 0.4) is 0 Å². The number of hydrogen-bond donors (Lipinski definition) is 1. The van der Waals surface area contributed by atoms with E-state index < -0.39 is 5.97 Å².